The Morgan fingerprint density at radius 2 is 1.51 bits per heavy atom. The molecular formula is C32H23F5N2O3S. The number of hydrogen-bond donors (Lipinski definition) is 0. The molecule has 0 amide bonds. The van der Waals surface area contributed by atoms with Crippen LogP contribution in [0.15, 0.2) is 99.4 Å². The second-order valence-corrected chi connectivity index (χ2v) is 10.9. The van der Waals surface area contributed by atoms with Crippen LogP contribution in [0.3, 0.4) is 0 Å². The van der Waals surface area contributed by atoms with Gasteiger partial charge in [-0.2, -0.15) is 17.6 Å². The Balaban J connectivity index is 1.50. The molecule has 0 saturated heterocycles. The van der Waals surface area contributed by atoms with Crippen molar-refractivity contribution in [1.29, 1.82) is 0 Å². The van der Waals surface area contributed by atoms with Crippen LogP contribution in [0.4, 0.5) is 22.0 Å². The molecule has 2 heterocycles. The van der Waals surface area contributed by atoms with Crippen LogP contribution in [0.2, 0.25) is 0 Å². The summed E-state index contributed by atoms with van der Waals surface area (Å²) in [4.78, 5) is 19.1. The molecule has 1 aromatic heterocycles. The summed E-state index contributed by atoms with van der Waals surface area (Å²) in [7, 11) is 0. The summed E-state index contributed by atoms with van der Waals surface area (Å²) < 4.78 is 76.1. The molecule has 1 atom stereocenters. The van der Waals surface area contributed by atoms with Gasteiger partial charge in [0.2, 0.25) is 0 Å². The van der Waals surface area contributed by atoms with Crippen molar-refractivity contribution < 1.29 is 31.4 Å². The number of fused-ring (bicyclic) bond motifs is 1. The van der Waals surface area contributed by atoms with E-state index < -0.39 is 25.1 Å². The normalized spacial score (nSPS) is 17.7. The molecule has 0 N–H and O–H groups in total. The van der Waals surface area contributed by atoms with Crippen molar-refractivity contribution in [2.75, 3.05) is 0 Å². The maximum atomic E-state index is 14.5. The third kappa shape index (κ3) is 6.03. The first-order valence-electron chi connectivity index (χ1n) is 13.4. The fourth-order valence-electron chi connectivity index (χ4n) is 5.37. The van der Waals surface area contributed by atoms with E-state index in [0.29, 0.717) is 33.4 Å². The Morgan fingerprint density at radius 1 is 0.860 bits per heavy atom. The Morgan fingerprint density at radius 3 is 2.16 bits per heavy atom. The standard InChI is InChI=1S/C32H23F5N2O3S/c33-25-7-2-1-4-20(25)17-26-29(40)39-28(19-10-14-23(15-11-19)42-31(36)37)24-6-3-5-21(27(24)38-32(39)43-26)16-18-8-12-22(13-9-18)41-30(34)35/h1-2,4,7-17,28,30-31H,3,5-6H2. The molecule has 11 heteroatoms. The first-order valence-corrected chi connectivity index (χ1v) is 14.2. The van der Waals surface area contributed by atoms with Crippen LogP contribution in [0.5, 0.6) is 11.5 Å². The molecule has 0 saturated carbocycles. The molecular weight excluding hydrogens is 587 g/mol. The number of alkyl halides is 4. The Kier molecular flexibility index (Phi) is 7.98. The van der Waals surface area contributed by atoms with Gasteiger partial charge in [-0.25, -0.2) is 9.38 Å². The highest BCUT2D eigenvalue weighted by Gasteiger charge is 2.32. The molecule has 4 aromatic rings. The van der Waals surface area contributed by atoms with Crippen LogP contribution in [-0.2, 0) is 0 Å². The van der Waals surface area contributed by atoms with E-state index in [9.17, 15) is 26.7 Å². The summed E-state index contributed by atoms with van der Waals surface area (Å²) >= 11 is 1.14. The van der Waals surface area contributed by atoms with Gasteiger partial charge >= 0.3 is 13.2 Å². The van der Waals surface area contributed by atoms with Gasteiger partial charge in [0.15, 0.2) is 4.80 Å². The molecule has 1 unspecified atom stereocenters. The van der Waals surface area contributed by atoms with Crippen molar-refractivity contribution >= 4 is 23.5 Å². The van der Waals surface area contributed by atoms with Gasteiger partial charge in [0.1, 0.15) is 17.3 Å². The zero-order valence-corrected chi connectivity index (χ0v) is 23.2. The van der Waals surface area contributed by atoms with Crippen LogP contribution in [-0.4, -0.2) is 17.8 Å². The van der Waals surface area contributed by atoms with Crippen molar-refractivity contribution in [3.63, 3.8) is 0 Å². The monoisotopic (exact) mass is 610 g/mol. The highest BCUT2D eigenvalue weighted by atomic mass is 32.1. The summed E-state index contributed by atoms with van der Waals surface area (Å²) in [6.07, 6.45) is 5.51. The molecule has 1 aliphatic carbocycles. The fourth-order valence-corrected chi connectivity index (χ4v) is 6.36. The van der Waals surface area contributed by atoms with Gasteiger partial charge in [-0.05, 0) is 84.0 Å². The lowest BCUT2D eigenvalue weighted by Crippen LogP contribution is -2.39. The molecule has 6 rings (SSSR count). The van der Waals surface area contributed by atoms with Gasteiger partial charge in [-0.3, -0.25) is 9.36 Å². The summed E-state index contributed by atoms with van der Waals surface area (Å²) in [5.41, 5.74) is 3.84. The van der Waals surface area contributed by atoms with E-state index in [1.165, 1.54) is 36.4 Å². The van der Waals surface area contributed by atoms with Gasteiger partial charge in [-0.15, -0.1) is 0 Å². The maximum Gasteiger partial charge on any atom is 0.387 e. The second kappa shape index (κ2) is 12.0. The Labute approximate surface area is 246 Å². The zero-order valence-electron chi connectivity index (χ0n) is 22.4. The van der Waals surface area contributed by atoms with E-state index in [2.05, 4.69) is 9.47 Å². The smallest absolute Gasteiger partial charge is 0.387 e. The average Bonchev–Trinajstić information content (AvgIpc) is 3.28. The van der Waals surface area contributed by atoms with Crippen molar-refractivity contribution in [2.45, 2.75) is 38.5 Å². The molecule has 0 fully saturated rings. The van der Waals surface area contributed by atoms with E-state index >= 15 is 0 Å². The minimum absolute atomic E-state index is 0.0107. The van der Waals surface area contributed by atoms with Crippen LogP contribution in [0, 0.1) is 5.82 Å². The van der Waals surface area contributed by atoms with Crippen molar-refractivity contribution in [3.05, 3.63) is 132 Å². The number of halogens is 5. The molecule has 2 aliphatic rings. The number of aromatic nitrogens is 1. The van der Waals surface area contributed by atoms with Crippen molar-refractivity contribution in [1.82, 2.24) is 4.57 Å². The largest absolute Gasteiger partial charge is 0.435 e. The van der Waals surface area contributed by atoms with Crippen LogP contribution in [0.1, 0.15) is 42.0 Å². The van der Waals surface area contributed by atoms with E-state index in [1.807, 2.05) is 6.08 Å². The van der Waals surface area contributed by atoms with Gasteiger partial charge in [0.05, 0.1) is 16.3 Å². The predicted molar refractivity (Wildman–Crippen MR) is 152 cm³/mol. The van der Waals surface area contributed by atoms with Gasteiger partial charge in [0, 0.05) is 5.56 Å². The molecule has 0 bridgehead atoms. The third-order valence-electron chi connectivity index (χ3n) is 7.19. The number of benzene rings is 3. The maximum absolute atomic E-state index is 14.5. The molecule has 43 heavy (non-hydrogen) atoms. The molecule has 5 nitrogen and oxygen atoms in total. The minimum Gasteiger partial charge on any atom is -0.435 e. The number of hydrogen-bond acceptors (Lipinski definition) is 5. The zero-order chi connectivity index (χ0) is 30.1. The summed E-state index contributed by atoms with van der Waals surface area (Å²) in [5.74, 6) is -0.430. The van der Waals surface area contributed by atoms with Crippen LogP contribution in [0.25, 0.3) is 12.2 Å². The quantitative estimate of drug-likeness (QED) is 0.216. The topological polar surface area (TPSA) is 52.8 Å². The summed E-state index contributed by atoms with van der Waals surface area (Å²) in [6, 6.07) is 18.0. The lowest BCUT2D eigenvalue weighted by Gasteiger charge is -2.31. The van der Waals surface area contributed by atoms with Crippen molar-refractivity contribution in [3.8, 4) is 11.5 Å². The van der Waals surface area contributed by atoms with E-state index in [0.717, 1.165) is 34.5 Å². The Hall–Kier alpha value is -4.51. The SMILES string of the molecule is O=c1c(=Cc2ccccc2F)sc2n1C(c1ccc(OC(F)F)cc1)C1=C(N=2)C(=Cc2ccc(OC(F)F)cc2)CCC1. The number of nitrogens with zero attached hydrogens (tertiary/aromatic N) is 2. The van der Waals surface area contributed by atoms with E-state index in [1.54, 1.807) is 47.0 Å². The molecule has 3 aromatic carbocycles. The van der Waals surface area contributed by atoms with Gasteiger partial charge in [-0.1, -0.05) is 53.8 Å². The number of rotatable bonds is 7. The number of ether oxygens (including phenoxy) is 2. The Bertz CT molecular complexity index is 1890. The first-order chi connectivity index (χ1) is 20.8. The highest BCUT2D eigenvalue weighted by molar-refractivity contribution is 7.07. The van der Waals surface area contributed by atoms with Crippen LogP contribution >= 0.6 is 11.3 Å². The summed E-state index contributed by atoms with van der Waals surface area (Å²) in [6.45, 7) is -5.90. The van der Waals surface area contributed by atoms with Crippen LogP contribution < -0.4 is 24.4 Å². The number of allylic oxidation sites excluding steroid dienone is 2. The first kappa shape index (κ1) is 28.6. The predicted octanol–water partition coefficient (Wildman–Crippen LogP) is 6.82. The van der Waals surface area contributed by atoms with Gasteiger partial charge in [0.25, 0.3) is 5.56 Å². The highest BCUT2D eigenvalue weighted by Crippen LogP contribution is 2.41. The third-order valence-corrected chi connectivity index (χ3v) is 8.18. The molecule has 1 aliphatic heterocycles. The minimum atomic E-state index is -2.97. The molecule has 220 valence electrons. The molecule has 0 radical (unpaired) electrons. The molecule has 0 spiro atoms. The van der Waals surface area contributed by atoms with Crippen molar-refractivity contribution in [2.24, 2.45) is 4.99 Å². The number of thiazole rings is 1. The van der Waals surface area contributed by atoms with E-state index in [4.69, 9.17) is 4.99 Å². The lowest BCUT2D eigenvalue weighted by atomic mass is 9.84. The van der Waals surface area contributed by atoms with E-state index in [-0.39, 0.29) is 22.6 Å². The summed E-state index contributed by atoms with van der Waals surface area (Å²) in [5, 5.41) is 0. The van der Waals surface area contributed by atoms with Gasteiger partial charge < -0.3 is 9.47 Å². The second-order valence-electron chi connectivity index (χ2n) is 9.90. The lowest BCUT2D eigenvalue weighted by molar-refractivity contribution is -0.0505. The average molecular weight is 611 g/mol. The fraction of sp³-hybridized carbons (Fsp3) is 0.188.